The van der Waals surface area contributed by atoms with Gasteiger partial charge in [0.05, 0.1) is 6.61 Å². The van der Waals surface area contributed by atoms with Crippen LogP contribution in [0.3, 0.4) is 0 Å². The Hall–Kier alpha value is -1.38. The molecule has 0 amide bonds. The van der Waals surface area contributed by atoms with Crippen molar-refractivity contribution in [2.24, 2.45) is 0 Å². The molecule has 0 unspecified atom stereocenters. The Labute approximate surface area is 82.4 Å². The van der Waals surface area contributed by atoms with E-state index in [1.165, 1.54) is 0 Å². The molecule has 2 nitrogen and oxygen atoms in total. The highest BCUT2D eigenvalue weighted by atomic mass is 16.3. The first-order chi connectivity index (χ1) is 6.83. The van der Waals surface area contributed by atoms with Crippen molar-refractivity contribution < 1.29 is 10.2 Å². The van der Waals surface area contributed by atoms with E-state index in [0.717, 1.165) is 16.3 Å². The third-order valence-corrected chi connectivity index (χ3v) is 2.36. The first-order valence-corrected chi connectivity index (χ1v) is 4.59. The fourth-order valence-electron chi connectivity index (χ4n) is 1.64. The molecule has 0 aliphatic carbocycles. The summed E-state index contributed by atoms with van der Waals surface area (Å²) >= 11 is 0. The molecule has 0 radical (unpaired) electrons. The van der Waals surface area contributed by atoms with Crippen LogP contribution in [0.4, 0.5) is 0 Å². The van der Waals surface area contributed by atoms with Crippen molar-refractivity contribution in [1.82, 2.24) is 0 Å². The van der Waals surface area contributed by atoms with Gasteiger partial charge in [0.2, 0.25) is 0 Å². The predicted molar refractivity (Wildman–Crippen MR) is 56.0 cm³/mol. The van der Waals surface area contributed by atoms with Crippen LogP contribution in [-0.2, 0) is 0 Å². The molecule has 2 heteroatoms. The fourth-order valence-corrected chi connectivity index (χ4v) is 1.64. The monoisotopic (exact) mass is 188 g/mol. The van der Waals surface area contributed by atoms with Crippen molar-refractivity contribution in [2.45, 2.75) is 6.10 Å². The number of aliphatic hydroxyl groups is 2. The van der Waals surface area contributed by atoms with Gasteiger partial charge in [-0.25, -0.2) is 0 Å². The third kappa shape index (κ3) is 1.50. The molecule has 0 spiro atoms. The van der Waals surface area contributed by atoms with Gasteiger partial charge < -0.3 is 10.2 Å². The van der Waals surface area contributed by atoms with Gasteiger partial charge in [-0.05, 0) is 16.3 Å². The normalized spacial score (nSPS) is 13.0. The van der Waals surface area contributed by atoms with Crippen molar-refractivity contribution in [1.29, 1.82) is 0 Å². The summed E-state index contributed by atoms with van der Waals surface area (Å²) in [7, 11) is 0. The van der Waals surface area contributed by atoms with Gasteiger partial charge in [0.1, 0.15) is 6.10 Å². The van der Waals surface area contributed by atoms with Crippen LogP contribution in [0.15, 0.2) is 42.5 Å². The molecule has 0 aliphatic heterocycles. The summed E-state index contributed by atoms with van der Waals surface area (Å²) in [5, 5.41) is 20.6. The van der Waals surface area contributed by atoms with Crippen LogP contribution in [0.2, 0.25) is 0 Å². The molecule has 0 fully saturated rings. The SMILES string of the molecule is OC[C@H](O)c1cccc2ccccc12. The molecule has 1 atom stereocenters. The van der Waals surface area contributed by atoms with E-state index in [4.69, 9.17) is 5.11 Å². The van der Waals surface area contributed by atoms with Gasteiger partial charge in [-0.2, -0.15) is 0 Å². The van der Waals surface area contributed by atoms with E-state index in [1.807, 2.05) is 42.5 Å². The number of benzene rings is 2. The van der Waals surface area contributed by atoms with Gasteiger partial charge in [0, 0.05) is 0 Å². The topological polar surface area (TPSA) is 40.5 Å². The minimum atomic E-state index is -0.791. The van der Waals surface area contributed by atoms with Gasteiger partial charge in [0.15, 0.2) is 0 Å². The van der Waals surface area contributed by atoms with Crippen LogP contribution in [0, 0.1) is 0 Å². The van der Waals surface area contributed by atoms with Crippen LogP contribution in [0.5, 0.6) is 0 Å². The average Bonchev–Trinajstić information content (AvgIpc) is 2.27. The van der Waals surface area contributed by atoms with Crippen LogP contribution in [0.1, 0.15) is 11.7 Å². The summed E-state index contributed by atoms with van der Waals surface area (Å²) in [6.45, 7) is -0.242. The maximum atomic E-state index is 9.58. The Kier molecular flexibility index (Phi) is 2.48. The summed E-state index contributed by atoms with van der Waals surface area (Å²) in [6, 6.07) is 13.5. The molecule has 2 aromatic carbocycles. The lowest BCUT2D eigenvalue weighted by Gasteiger charge is -2.10. The minimum absolute atomic E-state index is 0.242. The van der Waals surface area contributed by atoms with Crippen molar-refractivity contribution in [2.75, 3.05) is 6.61 Å². The molecular weight excluding hydrogens is 176 g/mol. The highest BCUT2D eigenvalue weighted by molar-refractivity contribution is 5.85. The van der Waals surface area contributed by atoms with E-state index >= 15 is 0 Å². The number of hydrogen-bond acceptors (Lipinski definition) is 2. The van der Waals surface area contributed by atoms with Gasteiger partial charge in [0.25, 0.3) is 0 Å². The van der Waals surface area contributed by atoms with Crippen molar-refractivity contribution in [3.63, 3.8) is 0 Å². The van der Waals surface area contributed by atoms with Crippen molar-refractivity contribution >= 4 is 10.8 Å². The minimum Gasteiger partial charge on any atom is -0.393 e. The Morgan fingerprint density at radius 2 is 1.71 bits per heavy atom. The summed E-state index contributed by atoms with van der Waals surface area (Å²) in [4.78, 5) is 0. The van der Waals surface area contributed by atoms with E-state index in [-0.39, 0.29) is 6.61 Å². The first-order valence-electron chi connectivity index (χ1n) is 4.59. The molecule has 0 aliphatic rings. The molecule has 72 valence electrons. The molecular formula is C12H12O2. The fraction of sp³-hybridized carbons (Fsp3) is 0.167. The highest BCUT2D eigenvalue weighted by Gasteiger charge is 2.08. The predicted octanol–water partition coefficient (Wildman–Crippen LogP) is 1.87. The quantitative estimate of drug-likeness (QED) is 0.755. The van der Waals surface area contributed by atoms with E-state index < -0.39 is 6.10 Å². The van der Waals surface area contributed by atoms with Crippen LogP contribution in [-0.4, -0.2) is 16.8 Å². The lowest BCUT2D eigenvalue weighted by Crippen LogP contribution is -2.02. The van der Waals surface area contributed by atoms with Gasteiger partial charge >= 0.3 is 0 Å². The average molecular weight is 188 g/mol. The third-order valence-electron chi connectivity index (χ3n) is 2.36. The van der Waals surface area contributed by atoms with Crippen molar-refractivity contribution in [3.8, 4) is 0 Å². The molecule has 0 saturated heterocycles. The lowest BCUT2D eigenvalue weighted by molar-refractivity contribution is 0.0967. The second-order valence-corrected chi connectivity index (χ2v) is 3.27. The molecule has 14 heavy (non-hydrogen) atoms. The zero-order valence-corrected chi connectivity index (χ0v) is 7.72. The first kappa shape index (κ1) is 9.19. The molecule has 0 bridgehead atoms. The van der Waals surface area contributed by atoms with Crippen LogP contribution >= 0.6 is 0 Å². The molecule has 2 aromatic rings. The molecule has 0 aromatic heterocycles. The Morgan fingerprint density at radius 3 is 2.50 bits per heavy atom. The molecule has 2 rings (SSSR count). The van der Waals surface area contributed by atoms with Gasteiger partial charge in [-0.3, -0.25) is 0 Å². The summed E-state index contributed by atoms with van der Waals surface area (Å²) in [5.74, 6) is 0. The highest BCUT2D eigenvalue weighted by Crippen LogP contribution is 2.23. The molecule has 0 heterocycles. The van der Waals surface area contributed by atoms with E-state index in [9.17, 15) is 5.11 Å². The lowest BCUT2D eigenvalue weighted by atomic mass is 10.0. The van der Waals surface area contributed by atoms with Gasteiger partial charge in [-0.1, -0.05) is 42.5 Å². The Morgan fingerprint density at radius 1 is 1.00 bits per heavy atom. The molecule has 2 N–H and O–H groups in total. The van der Waals surface area contributed by atoms with E-state index in [1.54, 1.807) is 0 Å². The second kappa shape index (κ2) is 3.78. The second-order valence-electron chi connectivity index (χ2n) is 3.27. The zero-order chi connectivity index (χ0) is 9.97. The van der Waals surface area contributed by atoms with Crippen LogP contribution in [0.25, 0.3) is 10.8 Å². The summed E-state index contributed by atoms with van der Waals surface area (Å²) in [6.07, 6.45) is -0.791. The summed E-state index contributed by atoms with van der Waals surface area (Å²) < 4.78 is 0. The maximum Gasteiger partial charge on any atom is 0.103 e. The Balaban J connectivity index is 2.65. The maximum absolute atomic E-state index is 9.58. The van der Waals surface area contributed by atoms with E-state index in [0.29, 0.717) is 0 Å². The van der Waals surface area contributed by atoms with E-state index in [2.05, 4.69) is 0 Å². The van der Waals surface area contributed by atoms with Gasteiger partial charge in [-0.15, -0.1) is 0 Å². The number of aliphatic hydroxyl groups excluding tert-OH is 2. The summed E-state index contributed by atoms with van der Waals surface area (Å²) in [5.41, 5.74) is 0.783. The number of hydrogen-bond donors (Lipinski definition) is 2. The number of fused-ring (bicyclic) bond motifs is 1. The standard InChI is InChI=1S/C12H12O2/c13-8-12(14)11-7-3-5-9-4-1-2-6-10(9)11/h1-7,12-14H,8H2/t12-/m0/s1. The number of rotatable bonds is 2. The van der Waals surface area contributed by atoms with Crippen molar-refractivity contribution in [3.05, 3.63) is 48.0 Å². The zero-order valence-electron chi connectivity index (χ0n) is 7.72. The van der Waals surface area contributed by atoms with Crippen LogP contribution < -0.4 is 0 Å². The Bertz CT molecular complexity index is 432. The largest absolute Gasteiger partial charge is 0.393 e. The smallest absolute Gasteiger partial charge is 0.103 e. The molecule has 0 saturated carbocycles.